The van der Waals surface area contributed by atoms with Crippen molar-refractivity contribution in [3.63, 3.8) is 0 Å². The van der Waals surface area contributed by atoms with Crippen LogP contribution in [0.25, 0.3) is 0 Å². The second-order valence-corrected chi connectivity index (χ2v) is 6.04. The predicted octanol–water partition coefficient (Wildman–Crippen LogP) is 1.03. The molecule has 0 amide bonds. The quantitative estimate of drug-likeness (QED) is 0.591. The van der Waals surface area contributed by atoms with Gasteiger partial charge in [-0.1, -0.05) is 0 Å². The first kappa shape index (κ1) is 8.41. The predicted molar refractivity (Wildman–Crippen MR) is 45.9 cm³/mol. The Morgan fingerprint density at radius 2 is 2.09 bits per heavy atom. The molecule has 3 nitrogen and oxygen atoms in total. The van der Waals surface area contributed by atoms with Gasteiger partial charge in [-0.3, -0.25) is 0 Å². The Bertz CT molecular complexity index is 305. The van der Waals surface area contributed by atoms with Crippen LogP contribution in [0.3, 0.4) is 0 Å². The molecule has 60 valence electrons. The molecule has 1 heterocycles. The van der Waals surface area contributed by atoms with Crippen LogP contribution in [-0.4, -0.2) is 23.5 Å². The Hall–Kier alpha value is -0.690. The van der Waals surface area contributed by atoms with Crippen LogP contribution in [0.4, 0.5) is 0 Å². The van der Waals surface area contributed by atoms with E-state index in [0.29, 0.717) is 0 Å². The van der Waals surface area contributed by atoms with Crippen LogP contribution in [0.15, 0.2) is 12.3 Å². The molecule has 0 aliphatic carbocycles. The minimum atomic E-state index is -2.16. The monoisotopic (exact) mass is 170 g/mol. The van der Waals surface area contributed by atoms with Gasteiger partial charge in [-0.25, -0.2) is 0 Å². The fraction of sp³-hybridized carbons (Fsp3) is 0.429. The highest BCUT2D eigenvalue weighted by atomic mass is 31.2. The first-order valence-corrected chi connectivity index (χ1v) is 5.96. The first-order valence-electron chi connectivity index (χ1n) is 3.35. The molecule has 0 aliphatic rings. The lowest BCUT2D eigenvalue weighted by atomic mass is 10.4. The molecule has 0 N–H and O–H groups in total. The lowest BCUT2D eigenvalue weighted by Gasteiger charge is -2.07. The molecule has 11 heavy (non-hydrogen) atoms. The molecule has 0 fully saturated rings. The molecule has 1 aromatic heterocycles. The zero-order valence-corrected chi connectivity index (χ0v) is 7.80. The van der Waals surface area contributed by atoms with Gasteiger partial charge in [0.1, 0.15) is 7.14 Å². The smallest absolute Gasteiger partial charge is 0.111 e. The standard InChI is InChI=1S/C7H11N2OP/c1-6-7(11(2,3)10)4-5-8-9-6/h4-5H,1-3H3. The fourth-order valence-corrected chi connectivity index (χ4v) is 2.21. The van der Waals surface area contributed by atoms with E-state index >= 15 is 0 Å². The van der Waals surface area contributed by atoms with Crippen LogP contribution >= 0.6 is 7.14 Å². The summed E-state index contributed by atoms with van der Waals surface area (Å²) in [6.45, 7) is 5.29. The molecule has 0 radical (unpaired) electrons. The van der Waals surface area contributed by atoms with Gasteiger partial charge in [-0.2, -0.15) is 10.2 Å². The molecule has 0 saturated heterocycles. The van der Waals surface area contributed by atoms with Crippen molar-refractivity contribution in [3.8, 4) is 0 Å². The molecule has 1 rings (SSSR count). The van der Waals surface area contributed by atoms with E-state index < -0.39 is 7.14 Å². The third kappa shape index (κ3) is 1.87. The summed E-state index contributed by atoms with van der Waals surface area (Å²) in [4.78, 5) is 0. The lowest BCUT2D eigenvalue weighted by Crippen LogP contribution is -2.09. The van der Waals surface area contributed by atoms with E-state index in [1.165, 1.54) is 0 Å². The Balaban J connectivity index is 3.25. The van der Waals surface area contributed by atoms with Crippen LogP contribution in [0.1, 0.15) is 5.69 Å². The zero-order chi connectivity index (χ0) is 8.48. The lowest BCUT2D eigenvalue weighted by molar-refractivity contribution is 0.588. The molecular formula is C7H11N2OP. The first-order chi connectivity index (χ1) is 5.02. The molecule has 4 heteroatoms. The Labute approximate surface area is 66.2 Å². The van der Waals surface area contributed by atoms with E-state index in [1.807, 2.05) is 6.92 Å². The van der Waals surface area contributed by atoms with Crippen LogP contribution in [0.2, 0.25) is 0 Å². The number of nitrogens with zero attached hydrogens (tertiary/aromatic N) is 2. The number of hydrogen-bond acceptors (Lipinski definition) is 3. The van der Waals surface area contributed by atoms with Crippen molar-refractivity contribution >= 4 is 12.4 Å². The minimum absolute atomic E-state index is 0.765. The van der Waals surface area contributed by atoms with E-state index in [0.717, 1.165) is 11.0 Å². The molecule has 0 aliphatic heterocycles. The molecule has 0 bridgehead atoms. The van der Waals surface area contributed by atoms with Crippen molar-refractivity contribution in [2.45, 2.75) is 6.92 Å². The van der Waals surface area contributed by atoms with E-state index in [1.54, 1.807) is 25.6 Å². The molecule has 0 unspecified atom stereocenters. The SMILES string of the molecule is Cc1nnccc1P(C)(C)=O. The highest BCUT2D eigenvalue weighted by Crippen LogP contribution is 2.34. The maximum atomic E-state index is 11.6. The van der Waals surface area contributed by atoms with Crippen molar-refractivity contribution in [1.82, 2.24) is 10.2 Å². The summed E-state index contributed by atoms with van der Waals surface area (Å²) < 4.78 is 11.6. The second kappa shape index (κ2) is 2.74. The van der Waals surface area contributed by atoms with Gasteiger partial charge in [-0.05, 0) is 26.3 Å². The Morgan fingerprint density at radius 1 is 1.45 bits per heavy atom. The van der Waals surface area contributed by atoms with E-state index in [-0.39, 0.29) is 0 Å². The third-order valence-corrected chi connectivity index (χ3v) is 3.09. The summed E-state index contributed by atoms with van der Waals surface area (Å²) in [6, 6.07) is 1.77. The topological polar surface area (TPSA) is 42.9 Å². The zero-order valence-electron chi connectivity index (χ0n) is 6.90. The van der Waals surface area contributed by atoms with Crippen LogP contribution in [-0.2, 0) is 4.57 Å². The average molecular weight is 170 g/mol. The summed E-state index contributed by atoms with van der Waals surface area (Å²) in [5.41, 5.74) is 0.765. The Kier molecular flexibility index (Phi) is 2.10. The van der Waals surface area contributed by atoms with Crippen LogP contribution in [0, 0.1) is 6.92 Å². The summed E-state index contributed by atoms with van der Waals surface area (Å²) in [5, 5.41) is 8.34. The van der Waals surface area contributed by atoms with Gasteiger partial charge in [-0.15, -0.1) is 0 Å². The van der Waals surface area contributed by atoms with E-state index in [4.69, 9.17) is 0 Å². The maximum absolute atomic E-state index is 11.6. The van der Waals surface area contributed by atoms with Gasteiger partial charge < -0.3 is 4.57 Å². The molecular weight excluding hydrogens is 159 g/mol. The molecule has 0 atom stereocenters. The molecule has 1 aromatic rings. The van der Waals surface area contributed by atoms with Gasteiger partial charge in [0, 0.05) is 5.30 Å². The van der Waals surface area contributed by atoms with Gasteiger partial charge in [0.15, 0.2) is 0 Å². The summed E-state index contributed by atoms with van der Waals surface area (Å²) >= 11 is 0. The number of aryl methyl sites for hydroxylation is 1. The minimum Gasteiger partial charge on any atom is -0.319 e. The summed E-state index contributed by atoms with van der Waals surface area (Å²) in [6.07, 6.45) is 1.57. The van der Waals surface area contributed by atoms with Crippen molar-refractivity contribution in [2.24, 2.45) is 0 Å². The van der Waals surface area contributed by atoms with Gasteiger partial charge in [0.05, 0.1) is 11.9 Å². The number of hydrogen-bond donors (Lipinski definition) is 0. The third-order valence-electron chi connectivity index (χ3n) is 1.46. The van der Waals surface area contributed by atoms with Gasteiger partial charge in [0.25, 0.3) is 0 Å². The molecule has 0 spiro atoms. The largest absolute Gasteiger partial charge is 0.319 e. The number of aromatic nitrogens is 2. The van der Waals surface area contributed by atoms with E-state index in [2.05, 4.69) is 10.2 Å². The summed E-state index contributed by atoms with van der Waals surface area (Å²) in [5.74, 6) is 0. The van der Waals surface area contributed by atoms with Crippen LogP contribution in [0.5, 0.6) is 0 Å². The normalized spacial score (nSPS) is 11.5. The highest BCUT2D eigenvalue weighted by molar-refractivity contribution is 7.70. The van der Waals surface area contributed by atoms with Crippen molar-refractivity contribution in [2.75, 3.05) is 13.3 Å². The molecule has 0 aromatic carbocycles. The average Bonchev–Trinajstić information content (AvgIpc) is 1.86. The molecule has 0 saturated carbocycles. The van der Waals surface area contributed by atoms with Crippen molar-refractivity contribution in [1.29, 1.82) is 0 Å². The summed E-state index contributed by atoms with van der Waals surface area (Å²) in [7, 11) is -2.16. The Morgan fingerprint density at radius 3 is 2.45 bits per heavy atom. The second-order valence-electron chi connectivity index (χ2n) is 2.85. The highest BCUT2D eigenvalue weighted by Gasteiger charge is 2.13. The maximum Gasteiger partial charge on any atom is 0.111 e. The fourth-order valence-electron chi connectivity index (χ4n) is 0.965. The van der Waals surface area contributed by atoms with Crippen molar-refractivity contribution < 1.29 is 4.57 Å². The van der Waals surface area contributed by atoms with Gasteiger partial charge in [0.2, 0.25) is 0 Å². The number of rotatable bonds is 1. The van der Waals surface area contributed by atoms with E-state index in [9.17, 15) is 4.57 Å². The van der Waals surface area contributed by atoms with Crippen molar-refractivity contribution in [3.05, 3.63) is 18.0 Å². The van der Waals surface area contributed by atoms with Gasteiger partial charge >= 0.3 is 0 Å². The van der Waals surface area contributed by atoms with Crippen LogP contribution < -0.4 is 5.30 Å².